The minimum absolute atomic E-state index is 0.0793. The Hall–Kier alpha value is -1.65. The molecule has 0 bridgehead atoms. The predicted octanol–water partition coefficient (Wildman–Crippen LogP) is 0.0140. The molecule has 1 rings (SSSR count). The molecule has 1 aromatic rings. The smallest absolute Gasteiger partial charge is 0.350 e. The molecule has 0 saturated heterocycles. The second-order valence-electron chi connectivity index (χ2n) is 2.72. The molecule has 0 fully saturated rings. The maximum Gasteiger partial charge on any atom is 0.350 e. The Balaban J connectivity index is 3.16. The second-order valence-corrected chi connectivity index (χ2v) is 2.72. The zero-order chi connectivity index (χ0) is 10.0. The fraction of sp³-hybridized carbons (Fsp3) is 0.375. The second kappa shape index (κ2) is 3.38. The van der Waals surface area contributed by atoms with Crippen LogP contribution >= 0.6 is 0 Å². The van der Waals surface area contributed by atoms with Gasteiger partial charge in [-0.25, -0.2) is 4.79 Å². The van der Waals surface area contributed by atoms with E-state index in [2.05, 4.69) is 4.98 Å². The van der Waals surface area contributed by atoms with Gasteiger partial charge in [-0.3, -0.25) is 4.79 Å². The quantitative estimate of drug-likeness (QED) is 0.574. The summed E-state index contributed by atoms with van der Waals surface area (Å²) in [7, 11) is 1.58. The van der Waals surface area contributed by atoms with Crippen LogP contribution in [0.2, 0.25) is 0 Å². The molecule has 0 unspecified atom stereocenters. The number of ether oxygens (including phenoxy) is 1. The fourth-order valence-electron chi connectivity index (χ4n) is 0.894. The van der Waals surface area contributed by atoms with E-state index >= 15 is 0 Å². The molecule has 0 amide bonds. The SMILES string of the molecule is CC(=O)Oc1nc(=O)n(C)cc1C. The predicted molar refractivity (Wildman–Crippen MR) is 45.5 cm³/mol. The van der Waals surface area contributed by atoms with Gasteiger partial charge in [0.15, 0.2) is 0 Å². The molecule has 5 heteroatoms. The summed E-state index contributed by atoms with van der Waals surface area (Å²) in [5, 5.41) is 0. The normalized spacial score (nSPS) is 9.77. The molecule has 1 heterocycles. The number of hydrogen-bond acceptors (Lipinski definition) is 4. The number of aromatic nitrogens is 2. The van der Waals surface area contributed by atoms with Crippen molar-refractivity contribution in [1.82, 2.24) is 9.55 Å². The first-order valence-corrected chi connectivity index (χ1v) is 3.73. The van der Waals surface area contributed by atoms with Crippen molar-refractivity contribution in [2.75, 3.05) is 0 Å². The van der Waals surface area contributed by atoms with Crippen LogP contribution in [0.15, 0.2) is 11.0 Å². The Morgan fingerprint density at radius 2 is 2.23 bits per heavy atom. The lowest BCUT2D eigenvalue weighted by molar-refractivity contribution is -0.132. The number of esters is 1. The number of carbonyl (C=O) groups excluding carboxylic acids is 1. The van der Waals surface area contributed by atoms with Gasteiger partial charge in [0.25, 0.3) is 0 Å². The molecule has 0 N–H and O–H groups in total. The van der Waals surface area contributed by atoms with Crippen molar-refractivity contribution in [3.05, 3.63) is 22.2 Å². The highest BCUT2D eigenvalue weighted by Crippen LogP contribution is 2.09. The summed E-state index contributed by atoms with van der Waals surface area (Å²) >= 11 is 0. The monoisotopic (exact) mass is 182 g/mol. The van der Waals surface area contributed by atoms with E-state index in [9.17, 15) is 9.59 Å². The van der Waals surface area contributed by atoms with E-state index in [1.807, 2.05) is 0 Å². The summed E-state index contributed by atoms with van der Waals surface area (Å²) in [6.45, 7) is 2.98. The zero-order valence-corrected chi connectivity index (χ0v) is 7.70. The fourth-order valence-corrected chi connectivity index (χ4v) is 0.894. The molecule has 0 aliphatic rings. The highest BCUT2D eigenvalue weighted by molar-refractivity contribution is 5.68. The third-order valence-electron chi connectivity index (χ3n) is 1.46. The Bertz CT molecular complexity index is 395. The van der Waals surface area contributed by atoms with Crippen LogP contribution in [0.25, 0.3) is 0 Å². The van der Waals surface area contributed by atoms with Gasteiger partial charge < -0.3 is 9.30 Å². The van der Waals surface area contributed by atoms with Crippen molar-refractivity contribution in [3.8, 4) is 5.88 Å². The van der Waals surface area contributed by atoms with Crippen LogP contribution in [0.1, 0.15) is 12.5 Å². The molecular weight excluding hydrogens is 172 g/mol. The number of carbonyl (C=O) groups is 1. The highest BCUT2D eigenvalue weighted by Gasteiger charge is 2.06. The summed E-state index contributed by atoms with van der Waals surface area (Å²) in [5.41, 5.74) is 0.208. The van der Waals surface area contributed by atoms with E-state index in [1.54, 1.807) is 20.2 Å². The molecule has 1 aromatic heterocycles. The van der Waals surface area contributed by atoms with E-state index in [4.69, 9.17) is 4.74 Å². The summed E-state index contributed by atoms with van der Waals surface area (Å²) in [4.78, 5) is 25.2. The summed E-state index contributed by atoms with van der Waals surface area (Å²) in [6, 6.07) is 0. The molecule has 0 aliphatic heterocycles. The number of hydrogen-bond donors (Lipinski definition) is 0. The van der Waals surface area contributed by atoms with Crippen molar-refractivity contribution in [3.63, 3.8) is 0 Å². The number of nitrogens with zero attached hydrogens (tertiary/aromatic N) is 2. The lowest BCUT2D eigenvalue weighted by atomic mass is 10.4. The standard InChI is InChI=1S/C8H10N2O3/c1-5-4-10(3)8(12)9-7(5)13-6(2)11/h4H,1-3H3. The molecule has 0 aliphatic carbocycles. The molecule has 0 spiro atoms. The van der Waals surface area contributed by atoms with Gasteiger partial charge in [0.1, 0.15) is 0 Å². The first-order chi connectivity index (χ1) is 6.00. The average molecular weight is 182 g/mol. The van der Waals surface area contributed by atoms with Crippen LogP contribution in [0.4, 0.5) is 0 Å². The summed E-state index contributed by atoms with van der Waals surface area (Å²) < 4.78 is 6.04. The van der Waals surface area contributed by atoms with Crippen LogP contribution in [0.5, 0.6) is 5.88 Å². The van der Waals surface area contributed by atoms with Crippen LogP contribution in [0, 0.1) is 6.92 Å². The molecule has 0 atom stereocenters. The molecule has 0 aromatic carbocycles. The first-order valence-electron chi connectivity index (χ1n) is 3.73. The van der Waals surface area contributed by atoms with Gasteiger partial charge in [0.05, 0.1) is 0 Å². The van der Waals surface area contributed by atoms with Gasteiger partial charge in [-0.15, -0.1) is 0 Å². The van der Waals surface area contributed by atoms with Crippen molar-refractivity contribution in [2.24, 2.45) is 7.05 Å². The van der Waals surface area contributed by atoms with Crippen LogP contribution in [0.3, 0.4) is 0 Å². The van der Waals surface area contributed by atoms with Crippen LogP contribution in [-0.4, -0.2) is 15.5 Å². The number of rotatable bonds is 1. The molecular formula is C8H10N2O3. The van der Waals surface area contributed by atoms with Gasteiger partial charge in [0, 0.05) is 25.7 Å². The third kappa shape index (κ3) is 2.14. The number of aryl methyl sites for hydroxylation is 2. The summed E-state index contributed by atoms with van der Waals surface area (Å²) in [6.07, 6.45) is 1.56. The van der Waals surface area contributed by atoms with Gasteiger partial charge in [0.2, 0.25) is 5.88 Å². The topological polar surface area (TPSA) is 61.2 Å². The van der Waals surface area contributed by atoms with E-state index in [1.165, 1.54) is 11.5 Å². The van der Waals surface area contributed by atoms with Crippen LogP contribution < -0.4 is 10.4 Å². The van der Waals surface area contributed by atoms with Crippen LogP contribution in [-0.2, 0) is 11.8 Å². The Morgan fingerprint density at radius 1 is 1.62 bits per heavy atom. The van der Waals surface area contributed by atoms with Gasteiger partial charge in [-0.2, -0.15) is 4.98 Å². The van der Waals surface area contributed by atoms with Crippen molar-refractivity contribution in [1.29, 1.82) is 0 Å². The van der Waals surface area contributed by atoms with E-state index in [0.717, 1.165) is 0 Å². The van der Waals surface area contributed by atoms with Gasteiger partial charge >= 0.3 is 11.7 Å². The lowest BCUT2D eigenvalue weighted by Gasteiger charge is -2.04. The summed E-state index contributed by atoms with van der Waals surface area (Å²) in [5.74, 6) is -0.403. The Morgan fingerprint density at radius 3 is 2.77 bits per heavy atom. The van der Waals surface area contributed by atoms with E-state index in [0.29, 0.717) is 5.56 Å². The van der Waals surface area contributed by atoms with E-state index < -0.39 is 11.7 Å². The average Bonchev–Trinajstić information content (AvgIpc) is 1.99. The minimum Gasteiger partial charge on any atom is -0.407 e. The highest BCUT2D eigenvalue weighted by atomic mass is 16.5. The Kier molecular flexibility index (Phi) is 2.46. The van der Waals surface area contributed by atoms with Crippen molar-refractivity contribution in [2.45, 2.75) is 13.8 Å². The Labute approximate surface area is 75.0 Å². The first kappa shape index (κ1) is 9.44. The zero-order valence-electron chi connectivity index (χ0n) is 7.70. The molecule has 0 radical (unpaired) electrons. The molecule has 70 valence electrons. The van der Waals surface area contributed by atoms with E-state index in [-0.39, 0.29) is 5.88 Å². The maximum absolute atomic E-state index is 11.0. The van der Waals surface area contributed by atoms with Gasteiger partial charge in [-0.1, -0.05) is 0 Å². The minimum atomic E-state index is -0.483. The van der Waals surface area contributed by atoms with Gasteiger partial charge in [-0.05, 0) is 6.92 Å². The maximum atomic E-state index is 11.0. The lowest BCUT2D eigenvalue weighted by Crippen LogP contribution is -2.21. The largest absolute Gasteiger partial charge is 0.407 e. The molecule has 0 saturated carbocycles. The van der Waals surface area contributed by atoms with Crippen molar-refractivity contribution >= 4 is 5.97 Å². The third-order valence-corrected chi connectivity index (χ3v) is 1.46. The molecule has 5 nitrogen and oxygen atoms in total. The molecule has 13 heavy (non-hydrogen) atoms. The van der Waals surface area contributed by atoms with Crippen molar-refractivity contribution < 1.29 is 9.53 Å².